The van der Waals surface area contributed by atoms with Crippen molar-refractivity contribution in [2.24, 2.45) is 0 Å². The van der Waals surface area contributed by atoms with Gasteiger partial charge in [-0.3, -0.25) is 14.2 Å². The summed E-state index contributed by atoms with van der Waals surface area (Å²) in [5.74, 6) is -0.976. The molecule has 0 saturated heterocycles. The minimum absolute atomic E-state index is 0.0611. The van der Waals surface area contributed by atoms with Crippen LogP contribution in [0.2, 0.25) is 0 Å². The fraction of sp³-hybridized carbons (Fsp3) is 0.500. The van der Waals surface area contributed by atoms with E-state index in [1.165, 1.54) is 0 Å². The lowest BCUT2D eigenvalue weighted by molar-refractivity contribution is -0.870. The monoisotopic (exact) mass is 1040 g/mol. The predicted octanol–water partition coefficient (Wildman–Crippen LogP) is 16.6. The Balaban J connectivity index is 4.46. The Bertz CT molecular complexity index is 1900. The Morgan fingerprint density at radius 3 is 1.07 bits per heavy atom. The molecular weight excluding hydrogens is 942 g/mol. The molecule has 0 aromatic rings. The third kappa shape index (κ3) is 56.4. The van der Waals surface area contributed by atoms with Gasteiger partial charge in [0.1, 0.15) is 19.8 Å². The summed E-state index contributed by atoms with van der Waals surface area (Å²) in [6.07, 6.45) is 82.3. The van der Waals surface area contributed by atoms with Crippen LogP contribution in [-0.2, 0) is 32.7 Å². The summed E-state index contributed by atoms with van der Waals surface area (Å²) in [5.41, 5.74) is 0. The largest absolute Gasteiger partial charge is 0.756 e. The van der Waals surface area contributed by atoms with Crippen LogP contribution in [0.15, 0.2) is 182 Å². The molecule has 0 bridgehead atoms. The van der Waals surface area contributed by atoms with E-state index in [1.54, 1.807) is 0 Å². The Labute approximate surface area is 450 Å². The molecule has 0 amide bonds. The molecule has 0 heterocycles. The highest BCUT2D eigenvalue weighted by molar-refractivity contribution is 7.45. The van der Waals surface area contributed by atoms with E-state index in [2.05, 4.69) is 190 Å². The molecular formula is C64H98NO8P. The van der Waals surface area contributed by atoms with Crippen LogP contribution in [-0.4, -0.2) is 70.0 Å². The molecule has 9 nitrogen and oxygen atoms in total. The van der Waals surface area contributed by atoms with Crippen molar-refractivity contribution in [3.8, 4) is 0 Å². The molecule has 0 N–H and O–H groups in total. The maximum atomic E-state index is 12.8. The maximum Gasteiger partial charge on any atom is 0.306 e. The number of esters is 2. The van der Waals surface area contributed by atoms with E-state index < -0.39 is 32.5 Å². The molecule has 0 fully saturated rings. The summed E-state index contributed by atoms with van der Waals surface area (Å²) >= 11 is 0. The zero-order valence-corrected chi connectivity index (χ0v) is 47.3. The average Bonchev–Trinajstić information content (AvgIpc) is 3.36. The van der Waals surface area contributed by atoms with Gasteiger partial charge in [0.15, 0.2) is 6.10 Å². The van der Waals surface area contributed by atoms with Gasteiger partial charge in [-0.15, -0.1) is 0 Å². The molecule has 0 spiro atoms. The standard InChI is InChI=1S/C64H98NO8P/c1-6-8-10-12-14-16-18-20-22-24-26-28-29-30-31-32-33-34-35-37-39-41-43-45-47-49-51-53-55-57-64(67)73-62(61-72-74(68,69)71-59-58-65(3,4)5)60-70-63(66)56-54-52-50-48-46-44-42-40-38-36-27-25-23-21-19-17-15-13-11-9-7-2/h8-11,14-17,20-23,26-28,30-31,33-34,36-37,39-40,42-43,45-46,48-49,51,62H,6-7,12-13,18-19,24-25,29,32,35,38,41,44,47,50,52-61H2,1-5H3/b10-8-,11-9-,16-14-,17-15-,22-20-,23-21-,28-26-,31-30-,34-33-,36-27-,39-37-,42-40-,45-43-,48-46-,51-49-. The molecule has 10 heteroatoms. The zero-order chi connectivity index (χ0) is 54.2. The van der Waals surface area contributed by atoms with Crippen LogP contribution in [0.1, 0.15) is 155 Å². The second-order valence-electron chi connectivity index (χ2n) is 18.5. The minimum Gasteiger partial charge on any atom is -0.756 e. The molecule has 0 rings (SSSR count). The molecule has 0 aromatic carbocycles. The van der Waals surface area contributed by atoms with Crippen molar-refractivity contribution in [2.45, 2.75) is 161 Å². The number of hydrogen-bond donors (Lipinski definition) is 0. The first kappa shape index (κ1) is 69.1. The number of ether oxygens (including phenoxy) is 2. The topological polar surface area (TPSA) is 111 Å². The first-order valence-corrected chi connectivity index (χ1v) is 29.0. The van der Waals surface area contributed by atoms with Crippen molar-refractivity contribution in [3.05, 3.63) is 182 Å². The van der Waals surface area contributed by atoms with Crippen molar-refractivity contribution in [1.29, 1.82) is 0 Å². The molecule has 0 aliphatic heterocycles. The lowest BCUT2D eigenvalue weighted by Gasteiger charge is -2.28. The van der Waals surface area contributed by atoms with Crippen LogP contribution in [0.5, 0.6) is 0 Å². The molecule has 0 aromatic heterocycles. The summed E-state index contributed by atoms with van der Waals surface area (Å²) in [4.78, 5) is 37.8. The Kier molecular flexibility index (Phi) is 49.5. The van der Waals surface area contributed by atoms with Gasteiger partial charge in [0.25, 0.3) is 7.82 Å². The van der Waals surface area contributed by atoms with E-state index in [1.807, 2.05) is 27.2 Å². The molecule has 0 saturated carbocycles. The summed E-state index contributed by atoms with van der Waals surface area (Å²) in [7, 11) is 1.07. The SMILES string of the molecule is CC/C=C\C/C=C\C/C=C\C/C=C\C/C=C\C/C=C\C/C=C\C/C=C\C/C=C\CCCC(=O)OC(COC(=O)CCCC/C=C\C/C=C\C/C=C\C/C=C\C/C=C\C/C=C\CC)COP(=O)([O-])OCC[N+](C)(C)C. The van der Waals surface area contributed by atoms with Crippen molar-refractivity contribution < 1.29 is 42.1 Å². The van der Waals surface area contributed by atoms with Gasteiger partial charge in [-0.05, 0) is 128 Å². The normalized spacial score (nSPS) is 14.7. The summed E-state index contributed by atoms with van der Waals surface area (Å²) < 4.78 is 34.0. The molecule has 0 aliphatic carbocycles. The molecule has 0 aliphatic rings. The molecule has 0 radical (unpaired) electrons. The van der Waals surface area contributed by atoms with E-state index >= 15 is 0 Å². The highest BCUT2D eigenvalue weighted by atomic mass is 31.2. The Hall–Kier alpha value is -4.89. The summed E-state index contributed by atoms with van der Waals surface area (Å²) in [5, 5.41) is 0. The second-order valence-corrected chi connectivity index (χ2v) is 19.9. The van der Waals surface area contributed by atoms with Gasteiger partial charge < -0.3 is 27.9 Å². The number of quaternary nitrogens is 1. The van der Waals surface area contributed by atoms with E-state index in [9.17, 15) is 19.0 Å². The molecule has 2 atom stereocenters. The number of hydrogen-bond acceptors (Lipinski definition) is 8. The number of carbonyl (C=O) groups excluding carboxylic acids is 2. The van der Waals surface area contributed by atoms with E-state index in [0.29, 0.717) is 30.3 Å². The number of rotatable bonds is 47. The molecule has 412 valence electrons. The first-order valence-electron chi connectivity index (χ1n) is 27.5. The number of phosphoric acid groups is 1. The number of unbranched alkanes of at least 4 members (excludes halogenated alkanes) is 3. The smallest absolute Gasteiger partial charge is 0.306 e. The van der Waals surface area contributed by atoms with Gasteiger partial charge in [-0.1, -0.05) is 196 Å². The average molecular weight is 1040 g/mol. The van der Waals surface area contributed by atoms with Crippen LogP contribution < -0.4 is 4.89 Å². The number of allylic oxidation sites excluding steroid dienone is 30. The lowest BCUT2D eigenvalue weighted by Crippen LogP contribution is -2.37. The quantitative estimate of drug-likeness (QED) is 0.0195. The third-order valence-corrected chi connectivity index (χ3v) is 11.4. The van der Waals surface area contributed by atoms with Crippen molar-refractivity contribution in [1.82, 2.24) is 0 Å². The molecule has 2 unspecified atom stereocenters. The Morgan fingerprint density at radius 2 is 0.730 bits per heavy atom. The van der Waals surface area contributed by atoms with Gasteiger partial charge >= 0.3 is 11.9 Å². The fourth-order valence-corrected chi connectivity index (χ4v) is 6.97. The number of carbonyl (C=O) groups is 2. The van der Waals surface area contributed by atoms with Gasteiger partial charge in [0.2, 0.25) is 0 Å². The van der Waals surface area contributed by atoms with Crippen LogP contribution >= 0.6 is 7.82 Å². The number of nitrogens with zero attached hydrogens (tertiary/aromatic N) is 1. The van der Waals surface area contributed by atoms with Gasteiger partial charge in [-0.25, -0.2) is 0 Å². The van der Waals surface area contributed by atoms with Crippen LogP contribution in [0.4, 0.5) is 0 Å². The van der Waals surface area contributed by atoms with Crippen LogP contribution in [0.3, 0.4) is 0 Å². The van der Waals surface area contributed by atoms with Crippen molar-refractivity contribution in [3.63, 3.8) is 0 Å². The van der Waals surface area contributed by atoms with Crippen LogP contribution in [0, 0.1) is 0 Å². The van der Waals surface area contributed by atoms with Crippen molar-refractivity contribution in [2.75, 3.05) is 47.5 Å². The highest BCUT2D eigenvalue weighted by Crippen LogP contribution is 2.38. The van der Waals surface area contributed by atoms with Gasteiger partial charge in [-0.2, -0.15) is 0 Å². The van der Waals surface area contributed by atoms with Crippen molar-refractivity contribution >= 4 is 19.8 Å². The van der Waals surface area contributed by atoms with Crippen LogP contribution in [0.25, 0.3) is 0 Å². The molecule has 74 heavy (non-hydrogen) atoms. The third-order valence-electron chi connectivity index (χ3n) is 10.4. The lowest BCUT2D eigenvalue weighted by atomic mass is 10.2. The first-order chi connectivity index (χ1) is 36.0. The maximum absolute atomic E-state index is 12.8. The fourth-order valence-electron chi connectivity index (χ4n) is 6.25. The van der Waals surface area contributed by atoms with E-state index in [0.717, 1.165) is 109 Å². The second kappa shape index (κ2) is 53.0. The number of likely N-dealkylation sites (N-methyl/N-ethyl adjacent to an activating group) is 1. The highest BCUT2D eigenvalue weighted by Gasteiger charge is 2.21. The Morgan fingerprint density at radius 1 is 0.419 bits per heavy atom. The summed E-state index contributed by atoms with van der Waals surface area (Å²) in [6, 6.07) is 0. The number of phosphoric ester groups is 1. The van der Waals surface area contributed by atoms with Gasteiger partial charge in [0, 0.05) is 12.8 Å². The predicted molar refractivity (Wildman–Crippen MR) is 313 cm³/mol. The van der Waals surface area contributed by atoms with Gasteiger partial charge in [0.05, 0.1) is 27.7 Å². The summed E-state index contributed by atoms with van der Waals surface area (Å²) in [6.45, 7) is 3.84. The minimum atomic E-state index is -4.68. The zero-order valence-electron chi connectivity index (χ0n) is 46.4. The van der Waals surface area contributed by atoms with E-state index in [-0.39, 0.29) is 26.1 Å². The van der Waals surface area contributed by atoms with E-state index in [4.69, 9.17) is 18.5 Å².